The second-order valence-corrected chi connectivity index (χ2v) is 5.92. The number of carbonyl (C=O) groups is 1. The summed E-state index contributed by atoms with van der Waals surface area (Å²) in [4.78, 5) is 12.0. The van der Waals surface area contributed by atoms with Gasteiger partial charge in [0.1, 0.15) is 5.82 Å². The van der Waals surface area contributed by atoms with E-state index in [1.807, 2.05) is 0 Å². The van der Waals surface area contributed by atoms with Gasteiger partial charge in [0.15, 0.2) is 0 Å². The van der Waals surface area contributed by atoms with Crippen molar-refractivity contribution < 1.29 is 9.18 Å². The Morgan fingerprint density at radius 1 is 1.32 bits per heavy atom. The van der Waals surface area contributed by atoms with Gasteiger partial charge in [-0.05, 0) is 55.2 Å². The van der Waals surface area contributed by atoms with E-state index >= 15 is 0 Å². The van der Waals surface area contributed by atoms with Crippen molar-refractivity contribution in [3.8, 4) is 0 Å². The van der Waals surface area contributed by atoms with Crippen LogP contribution in [-0.4, -0.2) is 12.5 Å². The number of carbonyl (C=O) groups excluding carboxylic acids is 1. The third kappa shape index (κ3) is 2.57. The number of fused-ring (bicyclic) bond motifs is 2. The number of nitrogens with one attached hydrogen (secondary N) is 1. The van der Waals surface area contributed by atoms with Crippen molar-refractivity contribution in [2.45, 2.75) is 25.7 Å². The lowest BCUT2D eigenvalue weighted by Gasteiger charge is -2.21. The average Bonchev–Trinajstić information content (AvgIpc) is 2.96. The third-order valence-corrected chi connectivity index (χ3v) is 4.59. The first kappa shape index (κ1) is 12.5. The number of nitrogen functional groups attached to an aromatic ring is 1. The molecule has 3 rings (SSSR count). The Bertz CT molecular complexity index is 483. The molecule has 2 aliphatic carbocycles. The molecule has 0 saturated heterocycles. The Hall–Kier alpha value is -1.58. The van der Waals surface area contributed by atoms with E-state index in [0.717, 1.165) is 11.8 Å². The predicted octanol–water partition coefficient (Wildman–Crippen LogP) is 2.57. The van der Waals surface area contributed by atoms with E-state index < -0.39 is 5.82 Å². The predicted molar refractivity (Wildman–Crippen MR) is 72.1 cm³/mol. The van der Waals surface area contributed by atoms with E-state index in [9.17, 15) is 9.18 Å². The summed E-state index contributed by atoms with van der Waals surface area (Å²) < 4.78 is 13.2. The number of benzene rings is 1. The fourth-order valence-electron chi connectivity index (χ4n) is 3.70. The molecule has 0 radical (unpaired) electrons. The molecule has 0 aromatic heterocycles. The Kier molecular flexibility index (Phi) is 3.17. The maximum Gasteiger partial charge on any atom is 0.251 e. The summed E-state index contributed by atoms with van der Waals surface area (Å²) in [6, 6.07) is 3.96. The van der Waals surface area contributed by atoms with E-state index in [1.165, 1.54) is 43.9 Å². The van der Waals surface area contributed by atoms with Crippen LogP contribution in [0.5, 0.6) is 0 Å². The minimum absolute atomic E-state index is 0.228. The van der Waals surface area contributed by atoms with Crippen molar-refractivity contribution >= 4 is 11.6 Å². The fourth-order valence-corrected chi connectivity index (χ4v) is 3.70. The summed E-state index contributed by atoms with van der Waals surface area (Å²) in [7, 11) is 0. The standard InChI is InChI=1S/C15H19FN2O/c16-13-5-11(6-14(17)7-13)15(19)18-8-12-4-9-1-2-10(12)3-9/h5-7,9-10,12H,1-4,8,17H2,(H,18,19). The molecule has 2 saturated carbocycles. The first-order chi connectivity index (χ1) is 9.11. The molecule has 2 aliphatic rings. The van der Waals surface area contributed by atoms with Crippen molar-refractivity contribution in [1.29, 1.82) is 0 Å². The lowest BCUT2D eigenvalue weighted by molar-refractivity contribution is 0.0941. The zero-order valence-electron chi connectivity index (χ0n) is 10.9. The zero-order chi connectivity index (χ0) is 13.4. The first-order valence-corrected chi connectivity index (χ1v) is 6.96. The highest BCUT2D eigenvalue weighted by molar-refractivity contribution is 5.95. The van der Waals surface area contributed by atoms with Crippen molar-refractivity contribution in [1.82, 2.24) is 5.32 Å². The number of rotatable bonds is 3. The number of hydrogen-bond donors (Lipinski definition) is 2. The molecule has 2 fully saturated rings. The maximum absolute atomic E-state index is 13.2. The largest absolute Gasteiger partial charge is 0.399 e. The number of anilines is 1. The maximum atomic E-state index is 13.2. The molecule has 1 aromatic carbocycles. The summed E-state index contributed by atoms with van der Waals surface area (Å²) in [5.41, 5.74) is 6.13. The van der Waals surface area contributed by atoms with Crippen LogP contribution in [0, 0.1) is 23.6 Å². The highest BCUT2D eigenvalue weighted by Crippen LogP contribution is 2.47. The SMILES string of the molecule is Nc1cc(F)cc(C(=O)NCC2CC3CCC2C3)c1. The number of hydrogen-bond acceptors (Lipinski definition) is 2. The molecule has 2 bridgehead atoms. The molecular weight excluding hydrogens is 243 g/mol. The normalized spacial score (nSPS) is 28.6. The van der Waals surface area contributed by atoms with E-state index in [1.54, 1.807) is 0 Å². The van der Waals surface area contributed by atoms with Gasteiger partial charge in [0.2, 0.25) is 0 Å². The van der Waals surface area contributed by atoms with Crippen molar-refractivity contribution in [3.63, 3.8) is 0 Å². The Balaban J connectivity index is 1.59. The van der Waals surface area contributed by atoms with Crippen LogP contribution in [0.25, 0.3) is 0 Å². The molecule has 0 aliphatic heterocycles. The molecule has 1 amide bonds. The molecule has 102 valence electrons. The molecule has 3 nitrogen and oxygen atoms in total. The van der Waals surface area contributed by atoms with Gasteiger partial charge in [-0.3, -0.25) is 4.79 Å². The minimum Gasteiger partial charge on any atom is -0.399 e. The molecule has 3 atom stereocenters. The fraction of sp³-hybridized carbons (Fsp3) is 0.533. The van der Waals surface area contributed by atoms with Gasteiger partial charge in [0, 0.05) is 17.8 Å². The minimum atomic E-state index is -0.468. The van der Waals surface area contributed by atoms with Gasteiger partial charge >= 0.3 is 0 Å². The van der Waals surface area contributed by atoms with Crippen LogP contribution in [0.1, 0.15) is 36.0 Å². The van der Waals surface area contributed by atoms with Gasteiger partial charge in [0.25, 0.3) is 5.91 Å². The third-order valence-electron chi connectivity index (χ3n) is 4.59. The number of halogens is 1. The van der Waals surface area contributed by atoms with Crippen LogP contribution in [-0.2, 0) is 0 Å². The van der Waals surface area contributed by atoms with Crippen LogP contribution < -0.4 is 11.1 Å². The van der Waals surface area contributed by atoms with E-state index in [2.05, 4.69) is 5.32 Å². The molecule has 3 unspecified atom stereocenters. The Morgan fingerprint density at radius 2 is 2.16 bits per heavy atom. The van der Waals surface area contributed by atoms with Crippen LogP contribution in [0.4, 0.5) is 10.1 Å². The molecule has 0 spiro atoms. The van der Waals surface area contributed by atoms with Crippen LogP contribution in [0.15, 0.2) is 18.2 Å². The summed E-state index contributed by atoms with van der Waals surface area (Å²) >= 11 is 0. The molecular formula is C15H19FN2O. The lowest BCUT2D eigenvalue weighted by Crippen LogP contribution is -2.31. The molecule has 0 heterocycles. The van der Waals surface area contributed by atoms with Gasteiger partial charge in [-0.25, -0.2) is 4.39 Å². The highest BCUT2D eigenvalue weighted by atomic mass is 19.1. The second kappa shape index (κ2) is 4.83. The Morgan fingerprint density at radius 3 is 2.79 bits per heavy atom. The quantitative estimate of drug-likeness (QED) is 0.823. The van der Waals surface area contributed by atoms with Crippen molar-refractivity contribution in [2.24, 2.45) is 17.8 Å². The van der Waals surface area contributed by atoms with Crippen LogP contribution in [0.2, 0.25) is 0 Å². The average molecular weight is 262 g/mol. The molecule has 19 heavy (non-hydrogen) atoms. The second-order valence-electron chi connectivity index (χ2n) is 5.92. The number of amides is 1. The van der Waals surface area contributed by atoms with Gasteiger partial charge in [-0.15, -0.1) is 0 Å². The zero-order valence-corrected chi connectivity index (χ0v) is 10.9. The van der Waals surface area contributed by atoms with E-state index in [4.69, 9.17) is 5.73 Å². The molecule has 1 aromatic rings. The van der Waals surface area contributed by atoms with Gasteiger partial charge < -0.3 is 11.1 Å². The lowest BCUT2D eigenvalue weighted by atomic mass is 9.89. The molecule has 3 N–H and O–H groups in total. The van der Waals surface area contributed by atoms with Gasteiger partial charge in [-0.2, -0.15) is 0 Å². The number of nitrogens with two attached hydrogens (primary N) is 1. The highest BCUT2D eigenvalue weighted by Gasteiger charge is 2.39. The monoisotopic (exact) mass is 262 g/mol. The topological polar surface area (TPSA) is 55.1 Å². The van der Waals surface area contributed by atoms with Gasteiger partial charge in [0.05, 0.1) is 0 Å². The molecule has 4 heteroatoms. The summed E-state index contributed by atoms with van der Waals surface area (Å²) in [5.74, 6) is 1.56. The van der Waals surface area contributed by atoms with Crippen molar-refractivity contribution in [3.05, 3.63) is 29.6 Å². The summed E-state index contributed by atoms with van der Waals surface area (Å²) in [5, 5.41) is 2.92. The Labute approximate surface area is 112 Å². The summed E-state index contributed by atoms with van der Waals surface area (Å²) in [6.45, 7) is 0.705. The smallest absolute Gasteiger partial charge is 0.251 e. The van der Waals surface area contributed by atoms with Crippen LogP contribution in [0.3, 0.4) is 0 Å². The van der Waals surface area contributed by atoms with E-state index in [-0.39, 0.29) is 11.6 Å². The van der Waals surface area contributed by atoms with Crippen molar-refractivity contribution in [2.75, 3.05) is 12.3 Å². The van der Waals surface area contributed by atoms with Gasteiger partial charge in [-0.1, -0.05) is 6.42 Å². The summed E-state index contributed by atoms with van der Waals surface area (Å²) in [6.07, 6.45) is 5.22. The van der Waals surface area contributed by atoms with E-state index in [0.29, 0.717) is 18.0 Å². The van der Waals surface area contributed by atoms with Crippen LogP contribution >= 0.6 is 0 Å². The first-order valence-electron chi connectivity index (χ1n) is 6.96.